The molecule has 0 aliphatic rings. The van der Waals surface area contributed by atoms with E-state index in [1.807, 2.05) is 78.9 Å². The molecule has 0 heterocycles. The van der Waals surface area contributed by atoms with E-state index in [4.69, 9.17) is 0 Å². The van der Waals surface area contributed by atoms with Gasteiger partial charge in [-0.05, 0) is 24.3 Å². The number of fused-ring (bicyclic) bond motifs is 1. The van der Waals surface area contributed by atoms with Gasteiger partial charge < -0.3 is 0 Å². The minimum absolute atomic E-state index is 0.141. The van der Waals surface area contributed by atoms with Crippen molar-refractivity contribution in [1.29, 1.82) is 0 Å². The van der Waals surface area contributed by atoms with E-state index in [9.17, 15) is 4.79 Å². The average molecular weight is 340 g/mol. The maximum absolute atomic E-state index is 12.8. The second-order valence-electron chi connectivity index (χ2n) is 5.75. The van der Waals surface area contributed by atoms with Crippen LogP contribution in [-0.2, 0) is 0 Å². The standard InChI is InChI=1S/C21H16N4O/c26-21-18-14-8-7-13-17(18)19(24-22-15-9-3-1-4-10-15)20(21)25-23-16-11-5-2-6-12-16/h1-14,22-23H/b24-19+,25-20+. The van der Waals surface area contributed by atoms with Crippen LogP contribution < -0.4 is 27.0 Å². The molecule has 26 heavy (non-hydrogen) atoms. The summed E-state index contributed by atoms with van der Waals surface area (Å²) in [5.74, 6) is 0. The van der Waals surface area contributed by atoms with Crippen LogP contribution in [0.2, 0.25) is 0 Å². The van der Waals surface area contributed by atoms with Gasteiger partial charge in [0, 0.05) is 10.8 Å². The Kier molecular flexibility index (Phi) is 4.26. The number of hydrogen-bond acceptors (Lipinski definition) is 5. The van der Waals surface area contributed by atoms with E-state index in [0.29, 0.717) is 16.1 Å². The zero-order valence-electron chi connectivity index (χ0n) is 13.9. The van der Waals surface area contributed by atoms with Gasteiger partial charge in [0.2, 0.25) is 5.43 Å². The van der Waals surface area contributed by atoms with Crippen molar-refractivity contribution in [3.63, 3.8) is 0 Å². The minimum Gasteiger partial charge on any atom is -0.287 e. The second kappa shape index (κ2) is 7.03. The van der Waals surface area contributed by atoms with Gasteiger partial charge in [-0.15, -0.1) is 0 Å². The summed E-state index contributed by atoms with van der Waals surface area (Å²) < 4.78 is 0. The van der Waals surface area contributed by atoms with Crippen molar-refractivity contribution in [2.24, 2.45) is 10.2 Å². The molecule has 5 nitrogen and oxygen atoms in total. The fourth-order valence-electron chi connectivity index (χ4n) is 2.73. The lowest BCUT2D eigenvalue weighted by molar-refractivity contribution is 1.14. The Labute approximate surface area is 149 Å². The summed E-state index contributed by atoms with van der Waals surface area (Å²) in [5.41, 5.74) is 7.45. The van der Waals surface area contributed by atoms with E-state index in [0.717, 1.165) is 16.8 Å². The molecule has 0 saturated heterocycles. The lowest BCUT2D eigenvalue weighted by Gasteiger charge is -1.98. The lowest BCUT2D eigenvalue weighted by atomic mass is 10.2. The van der Waals surface area contributed by atoms with Gasteiger partial charge in [0.1, 0.15) is 5.36 Å². The van der Waals surface area contributed by atoms with Crippen LogP contribution in [0, 0.1) is 0 Å². The van der Waals surface area contributed by atoms with Crippen LogP contribution in [0.3, 0.4) is 0 Å². The Hall–Kier alpha value is -3.73. The molecule has 0 atom stereocenters. The number of benzene rings is 3. The molecule has 0 amide bonds. The predicted molar refractivity (Wildman–Crippen MR) is 104 cm³/mol. The van der Waals surface area contributed by atoms with E-state index in [1.54, 1.807) is 6.07 Å². The topological polar surface area (TPSA) is 65.8 Å². The van der Waals surface area contributed by atoms with Crippen LogP contribution in [0.5, 0.6) is 0 Å². The maximum atomic E-state index is 12.8. The van der Waals surface area contributed by atoms with Crippen LogP contribution in [0.4, 0.5) is 11.4 Å². The number of para-hydroxylation sites is 2. The summed E-state index contributed by atoms with van der Waals surface area (Å²) in [6, 6.07) is 26.5. The third-order valence-corrected chi connectivity index (χ3v) is 4.01. The van der Waals surface area contributed by atoms with Crippen molar-refractivity contribution in [3.8, 4) is 0 Å². The Balaban J connectivity index is 1.86. The highest BCUT2D eigenvalue weighted by Crippen LogP contribution is 2.06. The van der Waals surface area contributed by atoms with Crippen LogP contribution >= 0.6 is 0 Å². The Morgan fingerprint density at radius 1 is 0.538 bits per heavy atom. The van der Waals surface area contributed by atoms with Crippen molar-refractivity contribution < 1.29 is 0 Å². The van der Waals surface area contributed by atoms with Gasteiger partial charge in [-0.1, -0.05) is 60.7 Å². The molecule has 0 fully saturated rings. The normalized spacial score (nSPS) is 12.5. The van der Waals surface area contributed by atoms with Crippen LogP contribution in [-0.4, -0.2) is 0 Å². The summed E-state index contributed by atoms with van der Waals surface area (Å²) in [4.78, 5) is 12.8. The van der Waals surface area contributed by atoms with Gasteiger partial charge in [0.05, 0.1) is 11.4 Å². The van der Waals surface area contributed by atoms with E-state index < -0.39 is 0 Å². The molecule has 0 radical (unpaired) electrons. The highest BCUT2D eigenvalue weighted by atomic mass is 16.1. The fraction of sp³-hybridized carbons (Fsp3) is 0. The molecule has 4 aromatic rings. The molecule has 2 N–H and O–H groups in total. The third kappa shape index (κ3) is 3.10. The van der Waals surface area contributed by atoms with Gasteiger partial charge in [-0.25, -0.2) is 0 Å². The minimum atomic E-state index is -0.141. The zero-order valence-corrected chi connectivity index (χ0v) is 13.9. The van der Waals surface area contributed by atoms with Crippen LogP contribution in [0.25, 0.3) is 10.8 Å². The highest BCUT2D eigenvalue weighted by Gasteiger charge is 2.09. The Morgan fingerprint density at radius 2 is 1.00 bits per heavy atom. The molecular formula is C21H16N4O. The summed E-state index contributed by atoms with van der Waals surface area (Å²) in [6.45, 7) is 0. The summed E-state index contributed by atoms with van der Waals surface area (Å²) >= 11 is 0. The first-order chi connectivity index (χ1) is 12.8. The second-order valence-corrected chi connectivity index (χ2v) is 5.75. The van der Waals surface area contributed by atoms with Crippen molar-refractivity contribution in [2.75, 3.05) is 10.9 Å². The first-order valence-electron chi connectivity index (χ1n) is 8.25. The van der Waals surface area contributed by atoms with E-state index in [-0.39, 0.29) is 5.43 Å². The predicted octanol–water partition coefficient (Wildman–Crippen LogP) is 2.93. The van der Waals surface area contributed by atoms with Gasteiger partial charge in [-0.3, -0.25) is 15.6 Å². The third-order valence-electron chi connectivity index (χ3n) is 4.01. The highest BCUT2D eigenvalue weighted by molar-refractivity contribution is 5.83. The van der Waals surface area contributed by atoms with Crippen molar-refractivity contribution in [1.82, 2.24) is 0 Å². The molecule has 0 spiro atoms. The van der Waals surface area contributed by atoms with Crippen LogP contribution in [0.1, 0.15) is 0 Å². The maximum Gasteiger partial charge on any atom is 0.216 e. The smallest absolute Gasteiger partial charge is 0.216 e. The molecule has 126 valence electrons. The van der Waals surface area contributed by atoms with Crippen molar-refractivity contribution in [3.05, 3.63) is 106 Å². The van der Waals surface area contributed by atoms with Gasteiger partial charge in [0.25, 0.3) is 0 Å². The van der Waals surface area contributed by atoms with Crippen LogP contribution in [0.15, 0.2) is 99.9 Å². The molecule has 0 aromatic heterocycles. The zero-order chi connectivity index (χ0) is 17.8. The van der Waals surface area contributed by atoms with E-state index >= 15 is 0 Å². The number of nitrogens with zero attached hydrogens (tertiary/aromatic N) is 2. The summed E-state index contributed by atoms with van der Waals surface area (Å²) in [6.07, 6.45) is 0. The molecule has 0 saturated carbocycles. The molecule has 0 aliphatic carbocycles. The molecule has 4 rings (SSSR count). The quantitative estimate of drug-likeness (QED) is 0.561. The monoisotopic (exact) mass is 340 g/mol. The van der Waals surface area contributed by atoms with Gasteiger partial charge >= 0.3 is 0 Å². The molecule has 0 unspecified atom stereocenters. The molecule has 5 heteroatoms. The lowest BCUT2D eigenvalue weighted by Crippen LogP contribution is -2.34. The first kappa shape index (κ1) is 15.8. The van der Waals surface area contributed by atoms with Gasteiger partial charge in [-0.2, -0.15) is 10.2 Å². The van der Waals surface area contributed by atoms with Gasteiger partial charge in [0.15, 0.2) is 5.36 Å². The fourth-order valence-corrected chi connectivity index (χ4v) is 2.73. The van der Waals surface area contributed by atoms with E-state index in [1.165, 1.54) is 0 Å². The summed E-state index contributed by atoms with van der Waals surface area (Å²) in [5, 5.41) is 11.0. The molecule has 4 aromatic carbocycles. The first-order valence-corrected chi connectivity index (χ1v) is 8.25. The summed E-state index contributed by atoms with van der Waals surface area (Å²) in [7, 11) is 0. The number of nitrogens with one attached hydrogen (secondary N) is 2. The Morgan fingerprint density at radius 3 is 1.58 bits per heavy atom. The van der Waals surface area contributed by atoms with Crippen molar-refractivity contribution >= 4 is 22.1 Å². The molecular weight excluding hydrogens is 324 g/mol. The number of anilines is 2. The largest absolute Gasteiger partial charge is 0.287 e. The Bertz CT molecular complexity index is 1190. The van der Waals surface area contributed by atoms with Crippen molar-refractivity contribution in [2.45, 2.75) is 0 Å². The molecule has 0 bridgehead atoms. The van der Waals surface area contributed by atoms with E-state index in [2.05, 4.69) is 21.1 Å². The number of rotatable bonds is 4. The average Bonchev–Trinajstić information content (AvgIpc) is 2.98. The number of hydrogen-bond donors (Lipinski definition) is 2. The SMILES string of the molecule is O=c1c(=N/Nc2ccccc2)/c(=N/Nc2ccccc2)c2ccccc12. The molecule has 0 aliphatic heterocycles.